The van der Waals surface area contributed by atoms with Crippen molar-refractivity contribution in [1.29, 1.82) is 0 Å². The molecule has 0 aromatic carbocycles. The molecule has 3 unspecified atom stereocenters. The second-order valence-corrected chi connectivity index (χ2v) is 6.05. The summed E-state index contributed by atoms with van der Waals surface area (Å²) < 4.78 is 9.70. The van der Waals surface area contributed by atoms with Gasteiger partial charge in [-0.3, -0.25) is 9.59 Å². The Kier molecular flexibility index (Phi) is 9.26. The molecule has 0 aliphatic carbocycles. The normalized spacial score (nSPS) is 15.6. The summed E-state index contributed by atoms with van der Waals surface area (Å²) in [5, 5.41) is 0. The summed E-state index contributed by atoms with van der Waals surface area (Å²) in [5.41, 5.74) is 0. The van der Waals surface area contributed by atoms with E-state index in [1.807, 2.05) is 6.92 Å². The second-order valence-electron chi connectivity index (χ2n) is 6.05. The Morgan fingerprint density at radius 1 is 0.850 bits per heavy atom. The molecule has 0 aliphatic rings. The molecule has 0 N–H and O–H groups in total. The van der Waals surface area contributed by atoms with Gasteiger partial charge < -0.3 is 9.47 Å². The molecule has 4 nitrogen and oxygen atoms in total. The summed E-state index contributed by atoms with van der Waals surface area (Å²) in [7, 11) is 2.86. The zero-order chi connectivity index (χ0) is 15.7. The summed E-state index contributed by atoms with van der Waals surface area (Å²) in [6.07, 6.45) is 3.11. The average Bonchev–Trinajstić information content (AvgIpc) is 2.41. The Balaban J connectivity index is 4.54. The third kappa shape index (κ3) is 6.92. The van der Waals surface area contributed by atoms with Crippen LogP contribution in [0.2, 0.25) is 0 Å². The van der Waals surface area contributed by atoms with E-state index in [9.17, 15) is 9.59 Å². The second kappa shape index (κ2) is 9.78. The first kappa shape index (κ1) is 18.9. The van der Waals surface area contributed by atoms with Gasteiger partial charge in [0.05, 0.1) is 26.1 Å². The smallest absolute Gasteiger partial charge is 0.308 e. The van der Waals surface area contributed by atoms with E-state index in [4.69, 9.17) is 9.47 Å². The maximum Gasteiger partial charge on any atom is 0.308 e. The molecule has 3 atom stereocenters. The number of methoxy groups -OCH3 is 2. The summed E-state index contributed by atoms with van der Waals surface area (Å²) in [6.45, 7) is 8.27. The summed E-state index contributed by atoms with van der Waals surface area (Å²) >= 11 is 0. The van der Waals surface area contributed by atoms with Crippen LogP contribution in [0.15, 0.2) is 0 Å². The van der Waals surface area contributed by atoms with E-state index in [0.29, 0.717) is 11.8 Å². The topological polar surface area (TPSA) is 52.6 Å². The van der Waals surface area contributed by atoms with E-state index in [0.717, 1.165) is 25.7 Å². The molecule has 118 valence electrons. The Bertz CT molecular complexity index is 299. The van der Waals surface area contributed by atoms with Gasteiger partial charge in [-0.05, 0) is 37.5 Å². The first-order chi connectivity index (χ1) is 9.35. The van der Waals surface area contributed by atoms with Gasteiger partial charge in [0.15, 0.2) is 0 Å². The fourth-order valence-corrected chi connectivity index (χ4v) is 2.69. The van der Waals surface area contributed by atoms with Crippen molar-refractivity contribution in [3.8, 4) is 0 Å². The van der Waals surface area contributed by atoms with Crippen LogP contribution in [0, 0.1) is 23.7 Å². The molecule has 0 aromatic heterocycles. The number of hydrogen-bond donors (Lipinski definition) is 0. The summed E-state index contributed by atoms with van der Waals surface area (Å²) in [5.74, 6) is 0.294. The Labute approximate surface area is 123 Å². The minimum absolute atomic E-state index is 0.0765. The van der Waals surface area contributed by atoms with Gasteiger partial charge in [-0.15, -0.1) is 0 Å². The average molecular weight is 286 g/mol. The van der Waals surface area contributed by atoms with Gasteiger partial charge in [-0.2, -0.15) is 0 Å². The van der Waals surface area contributed by atoms with Crippen molar-refractivity contribution in [2.24, 2.45) is 23.7 Å². The largest absolute Gasteiger partial charge is 0.469 e. The van der Waals surface area contributed by atoms with Crippen LogP contribution in [0.25, 0.3) is 0 Å². The highest BCUT2D eigenvalue weighted by molar-refractivity contribution is 5.73. The van der Waals surface area contributed by atoms with Crippen LogP contribution in [-0.2, 0) is 19.1 Å². The predicted octanol–water partition coefficient (Wildman–Crippen LogP) is 3.44. The number of carbonyl (C=O) groups excluding carboxylic acids is 2. The Morgan fingerprint density at radius 2 is 1.30 bits per heavy atom. The third-order valence-electron chi connectivity index (χ3n) is 3.69. The predicted molar refractivity (Wildman–Crippen MR) is 79.2 cm³/mol. The standard InChI is InChI=1S/C16H30O4/c1-7-13(15(17)19-5)9-12(4)10-14(8-11(2)3)16(18)20-6/h11-14H,7-10H2,1-6H3. The molecule has 20 heavy (non-hydrogen) atoms. The van der Waals surface area contributed by atoms with Crippen molar-refractivity contribution < 1.29 is 19.1 Å². The lowest BCUT2D eigenvalue weighted by atomic mass is 9.84. The van der Waals surface area contributed by atoms with Gasteiger partial charge in [-0.25, -0.2) is 0 Å². The van der Waals surface area contributed by atoms with E-state index in [1.165, 1.54) is 14.2 Å². The monoisotopic (exact) mass is 286 g/mol. The molecule has 0 aliphatic heterocycles. The molecular weight excluding hydrogens is 256 g/mol. The quantitative estimate of drug-likeness (QED) is 0.609. The van der Waals surface area contributed by atoms with Crippen LogP contribution in [0.5, 0.6) is 0 Å². The molecule has 0 heterocycles. The van der Waals surface area contributed by atoms with Gasteiger partial charge in [-0.1, -0.05) is 27.7 Å². The van der Waals surface area contributed by atoms with Crippen LogP contribution in [0.3, 0.4) is 0 Å². The van der Waals surface area contributed by atoms with Crippen LogP contribution < -0.4 is 0 Å². The van der Waals surface area contributed by atoms with Crippen molar-refractivity contribution in [2.45, 2.75) is 53.4 Å². The van der Waals surface area contributed by atoms with Gasteiger partial charge in [0.2, 0.25) is 0 Å². The highest BCUT2D eigenvalue weighted by atomic mass is 16.5. The number of esters is 2. The van der Waals surface area contributed by atoms with E-state index < -0.39 is 0 Å². The number of ether oxygens (including phenoxy) is 2. The lowest BCUT2D eigenvalue weighted by molar-refractivity contribution is -0.147. The van der Waals surface area contributed by atoms with E-state index in [1.54, 1.807) is 0 Å². The summed E-state index contributed by atoms with van der Waals surface area (Å²) in [4.78, 5) is 23.4. The van der Waals surface area contributed by atoms with E-state index >= 15 is 0 Å². The number of rotatable bonds is 9. The lowest BCUT2D eigenvalue weighted by Gasteiger charge is -2.23. The van der Waals surface area contributed by atoms with Gasteiger partial charge in [0.25, 0.3) is 0 Å². The minimum Gasteiger partial charge on any atom is -0.469 e. The third-order valence-corrected chi connectivity index (χ3v) is 3.69. The molecular formula is C16H30O4. The molecule has 0 saturated carbocycles. The van der Waals surface area contributed by atoms with Crippen molar-refractivity contribution in [1.82, 2.24) is 0 Å². The zero-order valence-electron chi connectivity index (χ0n) is 13.8. The zero-order valence-corrected chi connectivity index (χ0v) is 13.8. The van der Waals surface area contributed by atoms with Crippen molar-refractivity contribution in [3.63, 3.8) is 0 Å². The van der Waals surface area contributed by atoms with Crippen molar-refractivity contribution >= 4 is 11.9 Å². The van der Waals surface area contributed by atoms with Gasteiger partial charge >= 0.3 is 11.9 Å². The molecule has 0 saturated heterocycles. The fourth-order valence-electron chi connectivity index (χ4n) is 2.69. The fraction of sp³-hybridized carbons (Fsp3) is 0.875. The maximum atomic E-state index is 11.8. The van der Waals surface area contributed by atoms with Gasteiger partial charge in [0.1, 0.15) is 0 Å². The van der Waals surface area contributed by atoms with E-state index in [-0.39, 0.29) is 23.8 Å². The highest BCUT2D eigenvalue weighted by Gasteiger charge is 2.26. The Hall–Kier alpha value is -1.06. The molecule has 0 bridgehead atoms. The number of carbonyl (C=O) groups is 2. The number of hydrogen-bond acceptors (Lipinski definition) is 4. The first-order valence-electron chi connectivity index (χ1n) is 7.51. The summed E-state index contributed by atoms with van der Waals surface area (Å²) in [6, 6.07) is 0. The maximum absolute atomic E-state index is 11.8. The van der Waals surface area contributed by atoms with Gasteiger partial charge in [0, 0.05) is 0 Å². The molecule has 0 fully saturated rings. The molecule has 0 spiro atoms. The van der Waals surface area contributed by atoms with Crippen LogP contribution in [-0.4, -0.2) is 26.2 Å². The van der Waals surface area contributed by atoms with Crippen LogP contribution in [0.4, 0.5) is 0 Å². The lowest BCUT2D eigenvalue weighted by Crippen LogP contribution is -2.23. The minimum atomic E-state index is -0.155. The molecule has 4 heteroatoms. The Morgan fingerprint density at radius 3 is 1.70 bits per heavy atom. The SMILES string of the molecule is CCC(CC(C)CC(CC(C)C)C(=O)OC)C(=O)OC. The molecule has 0 rings (SSSR count). The highest BCUT2D eigenvalue weighted by Crippen LogP contribution is 2.27. The van der Waals surface area contributed by atoms with Crippen molar-refractivity contribution in [2.75, 3.05) is 14.2 Å². The molecule has 0 aromatic rings. The van der Waals surface area contributed by atoms with E-state index in [2.05, 4.69) is 20.8 Å². The van der Waals surface area contributed by atoms with Crippen LogP contribution >= 0.6 is 0 Å². The van der Waals surface area contributed by atoms with Crippen LogP contribution in [0.1, 0.15) is 53.4 Å². The molecule has 0 amide bonds. The molecule has 0 radical (unpaired) electrons. The van der Waals surface area contributed by atoms with Crippen molar-refractivity contribution in [3.05, 3.63) is 0 Å². The first-order valence-corrected chi connectivity index (χ1v) is 7.51.